The minimum absolute atomic E-state index is 0.137. The molecular weight excluding hydrogens is 336 g/mol. The standard InChI is InChI=1S/C18H22N4O4/c1-11(2)8-16(18(25)26)20-10-13(9-19)17(24)22-15-6-4-14(5-7-15)21-12(3)23/h4-7,10-11,16,20H,8H2,1-3H3,(H,21,23)(H,22,24)(H,25,26)/b13-10-. The zero-order chi connectivity index (χ0) is 19.7. The molecule has 0 saturated carbocycles. The Balaban J connectivity index is 2.77. The van der Waals surface area contributed by atoms with Gasteiger partial charge in [0.2, 0.25) is 5.91 Å². The van der Waals surface area contributed by atoms with E-state index < -0.39 is 17.9 Å². The Morgan fingerprint density at radius 2 is 1.69 bits per heavy atom. The molecule has 0 spiro atoms. The molecule has 0 aromatic heterocycles. The van der Waals surface area contributed by atoms with Gasteiger partial charge in [-0.15, -0.1) is 0 Å². The molecule has 1 rings (SSSR count). The fraction of sp³-hybridized carbons (Fsp3) is 0.333. The van der Waals surface area contributed by atoms with Crippen LogP contribution in [0.2, 0.25) is 0 Å². The number of carbonyl (C=O) groups excluding carboxylic acids is 2. The fourth-order valence-electron chi connectivity index (χ4n) is 2.08. The lowest BCUT2D eigenvalue weighted by atomic mass is 10.0. The molecule has 1 unspecified atom stereocenters. The van der Waals surface area contributed by atoms with E-state index in [0.717, 1.165) is 6.20 Å². The number of nitriles is 1. The molecule has 26 heavy (non-hydrogen) atoms. The molecule has 0 bridgehead atoms. The summed E-state index contributed by atoms with van der Waals surface area (Å²) in [5.74, 6) is -1.79. The average molecular weight is 358 g/mol. The van der Waals surface area contributed by atoms with Crippen molar-refractivity contribution in [3.63, 3.8) is 0 Å². The summed E-state index contributed by atoms with van der Waals surface area (Å²) in [4.78, 5) is 34.3. The number of anilines is 2. The van der Waals surface area contributed by atoms with E-state index in [9.17, 15) is 14.4 Å². The van der Waals surface area contributed by atoms with Gasteiger partial charge in [-0.1, -0.05) is 13.8 Å². The Labute approximate surface area is 151 Å². The first-order valence-electron chi connectivity index (χ1n) is 8.01. The van der Waals surface area contributed by atoms with Crippen LogP contribution in [-0.2, 0) is 14.4 Å². The second-order valence-corrected chi connectivity index (χ2v) is 6.07. The highest BCUT2D eigenvalue weighted by molar-refractivity contribution is 6.06. The van der Waals surface area contributed by atoms with Crippen molar-refractivity contribution >= 4 is 29.2 Å². The molecule has 2 amide bonds. The Hall–Kier alpha value is -3.34. The van der Waals surface area contributed by atoms with Crippen molar-refractivity contribution in [3.05, 3.63) is 36.0 Å². The summed E-state index contributed by atoms with van der Waals surface area (Å²) in [7, 11) is 0. The number of amides is 2. The summed E-state index contributed by atoms with van der Waals surface area (Å²) >= 11 is 0. The summed E-state index contributed by atoms with van der Waals surface area (Å²) in [6.45, 7) is 5.14. The summed E-state index contributed by atoms with van der Waals surface area (Å²) in [6, 6.07) is 7.22. The van der Waals surface area contributed by atoms with Gasteiger partial charge in [0.1, 0.15) is 17.7 Å². The second-order valence-electron chi connectivity index (χ2n) is 6.07. The Kier molecular flexibility index (Phi) is 7.83. The summed E-state index contributed by atoms with van der Waals surface area (Å²) < 4.78 is 0. The van der Waals surface area contributed by atoms with Crippen molar-refractivity contribution < 1.29 is 19.5 Å². The maximum Gasteiger partial charge on any atom is 0.326 e. The Morgan fingerprint density at radius 1 is 1.15 bits per heavy atom. The van der Waals surface area contributed by atoms with Gasteiger partial charge >= 0.3 is 5.97 Å². The first kappa shape index (κ1) is 20.7. The SMILES string of the molecule is CC(=O)Nc1ccc(NC(=O)/C(C#N)=C\NC(CC(C)C)C(=O)O)cc1. The molecule has 1 atom stereocenters. The average Bonchev–Trinajstić information content (AvgIpc) is 2.55. The fourth-order valence-corrected chi connectivity index (χ4v) is 2.08. The molecule has 138 valence electrons. The molecule has 4 N–H and O–H groups in total. The summed E-state index contributed by atoms with van der Waals surface area (Å²) in [5, 5.41) is 26.0. The molecule has 0 saturated heterocycles. The second kappa shape index (κ2) is 9.84. The van der Waals surface area contributed by atoms with Gasteiger partial charge in [-0.25, -0.2) is 4.79 Å². The van der Waals surface area contributed by atoms with Gasteiger partial charge in [0.15, 0.2) is 0 Å². The third kappa shape index (κ3) is 7.05. The molecule has 0 radical (unpaired) electrons. The first-order valence-corrected chi connectivity index (χ1v) is 8.01. The molecule has 0 aliphatic carbocycles. The minimum atomic E-state index is -1.05. The number of nitrogens with one attached hydrogen (secondary N) is 3. The monoisotopic (exact) mass is 358 g/mol. The normalized spacial score (nSPS) is 12.0. The van der Waals surface area contributed by atoms with Crippen LogP contribution in [0.25, 0.3) is 0 Å². The van der Waals surface area contributed by atoms with Gasteiger partial charge in [-0.2, -0.15) is 5.26 Å². The highest BCUT2D eigenvalue weighted by Gasteiger charge is 2.18. The van der Waals surface area contributed by atoms with Gasteiger partial charge in [0.05, 0.1) is 0 Å². The van der Waals surface area contributed by atoms with Crippen LogP contribution >= 0.6 is 0 Å². The van der Waals surface area contributed by atoms with Crippen LogP contribution in [-0.4, -0.2) is 28.9 Å². The number of nitrogens with zero attached hydrogens (tertiary/aromatic N) is 1. The van der Waals surface area contributed by atoms with Crippen molar-refractivity contribution in [2.75, 3.05) is 10.6 Å². The van der Waals surface area contributed by atoms with E-state index in [0.29, 0.717) is 17.8 Å². The lowest BCUT2D eigenvalue weighted by molar-refractivity contribution is -0.139. The number of carboxylic acids is 1. The zero-order valence-electron chi connectivity index (χ0n) is 14.9. The summed E-state index contributed by atoms with van der Waals surface area (Å²) in [6.07, 6.45) is 1.47. The Bertz CT molecular complexity index is 733. The number of carbonyl (C=O) groups is 3. The topological polar surface area (TPSA) is 131 Å². The zero-order valence-corrected chi connectivity index (χ0v) is 14.9. The number of benzene rings is 1. The largest absolute Gasteiger partial charge is 0.480 e. The van der Waals surface area contributed by atoms with E-state index in [1.165, 1.54) is 6.92 Å². The molecule has 0 aliphatic heterocycles. The molecular formula is C18H22N4O4. The van der Waals surface area contributed by atoms with Crippen molar-refractivity contribution in [3.8, 4) is 6.07 Å². The maximum atomic E-state index is 12.2. The quantitative estimate of drug-likeness (QED) is 0.415. The smallest absolute Gasteiger partial charge is 0.326 e. The lowest BCUT2D eigenvalue weighted by Gasteiger charge is -2.15. The van der Waals surface area contributed by atoms with E-state index in [1.54, 1.807) is 30.3 Å². The van der Waals surface area contributed by atoms with Crippen molar-refractivity contribution in [1.29, 1.82) is 5.26 Å². The third-order valence-corrected chi connectivity index (χ3v) is 3.26. The van der Waals surface area contributed by atoms with Crippen LogP contribution in [0, 0.1) is 17.2 Å². The number of carboxylic acid groups (broad SMARTS) is 1. The van der Waals surface area contributed by atoms with Gasteiger partial charge < -0.3 is 21.1 Å². The van der Waals surface area contributed by atoms with Crippen LogP contribution in [0.15, 0.2) is 36.0 Å². The lowest BCUT2D eigenvalue weighted by Crippen LogP contribution is -2.35. The maximum absolute atomic E-state index is 12.2. The molecule has 0 heterocycles. The van der Waals surface area contributed by atoms with Crippen molar-refractivity contribution in [2.45, 2.75) is 33.2 Å². The van der Waals surface area contributed by atoms with E-state index in [2.05, 4.69) is 16.0 Å². The number of hydrogen-bond donors (Lipinski definition) is 4. The third-order valence-electron chi connectivity index (χ3n) is 3.26. The number of rotatable bonds is 8. The molecule has 1 aromatic carbocycles. The number of hydrogen-bond acceptors (Lipinski definition) is 5. The van der Waals surface area contributed by atoms with E-state index in [1.807, 2.05) is 13.8 Å². The first-order chi connectivity index (χ1) is 12.2. The predicted octanol–water partition coefficient (Wildman–Crippen LogP) is 2.08. The van der Waals surface area contributed by atoms with Crippen LogP contribution in [0.3, 0.4) is 0 Å². The van der Waals surface area contributed by atoms with Crippen molar-refractivity contribution in [2.24, 2.45) is 5.92 Å². The van der Waals surface area contributed by atoms with Crippen LogP contribution in [0.5, 0.6) is 0 Å². The predicted molar refractivity (Wildman–Crippen MR) is 97.1 cm³/mol. The van der Waals surface area contributed by atoms with E-state index in [4.69, 9.17) is 10.4 Å². The molecule has 8 nitrogen and oxygen atoms in total. The van der Waals surface area contributed by atoms with Crippen molar-refractivity contribution in [1.82, 2.24) is 5.32 Å². The highest BCUT2D eigenvalue weighted by Crippen LogP contribution is 2.14. The molecule has 8 heteroatoms. The van der Waals surface area contributed by atoms with E-state index in [-0.39, 0.29) is 17.4 Å². The molecule has 0 aliphatic rings. The van der Waals surface area contributed by atoms with Crippen LogP contribution in [0.4, 0.5) is 11.4 Å². The van der Waals surface area contributed by atoms with Gasteiger partial charge in [-0.3, -0.25) is 9.59 Å². The Morgan fingerprint density at radius 3 is 2.12 bits per heavy atom. The molecule has 0 fully saturated rings. The van der Waals surface area contributed by atoms with Gasteiger partial charge in [0.25, 0.3) is 5.91 Å². The highest BCUT2D eigenvalue weighted by atomic mass is 16.4. The minimum Gasteiger partial charge on any atom is -0.480 e. The number of aliphatic carboxylic acids is 1. The van der Waals surface area contributed by atoms with Crippen LogP contribution < -0.4 is 16.0 Å². The van der Waals surface area contributed by atoms with E-state index >= 15 is 0 Å². The van der Waals surface area contributed by atoms with Crippen LogP contribution in [0.1, 0.15) is 27.2 Å². The van der Waals surface area contributed by atoms with Gasteiger partial charge in [0, 0.05) is 24.5 Å². The molecule has 1 aromatic rings. The summed E-state index contributed by atoms with van der Waals surface area (Å²) in [5.41, 5.74) is 0.763. The van der Waals surface area contributed by atoms with Gasteiger partial charge in [-0.05, 0) is 36.6 Å².